The van der Waals surface area contributed by atoms with Gasteiger partial charge < -0.3 is 8.83 Å². The van der Waals surface area contributed by atoms with Crippen molar-refractivity contribution in [2.75, 3.05) is 5.75 Å². The Hall–Kier alpha value is -1.67. The van der Waals surface area contributed by atoms with E-state index in [1.54, 1.807) is 6.26 Å². The zero-order chi connectivity index (χ0) is 13.5. The number of oxazole rings is 1. The summed E-state index contributed by atoms with van der Waals surface area (Å²) in [5.74, 6) is 3.93. The fourth-order valence-corrected chi connectivity index (χ4v) is 2.66. The van der Waals surface area contributed by atoms with Crippen molar-refractivity contribution in [1.29, 1.82) is 5.26 Å². The maximum absolute atomic E-state index is 8.44. The number of aromatic nitrogens is 1. The molecule has 2 aromatic heterocycles. The number of hydrogen-bond acceptors (Lipinski definition) is 5. The van der Waals surface area contributed by atoms with E-state index < -0.39 is 0 Å². The van der Waals surface area contributed by atoms with Crippen molar-refractivity contribution in [2.24, 2.45) is 0 Å². The van der Waals surface area contributed by atoms with Crippen LogP contribution in [0, 0.1) is 18.3 Å². The van der Waals surface area contributed by atoms with Crippen LogP contribution in [0.25, 0.3) is 11.7 Å². The van der Waals surface area contributed by atoms with Crippen molar-refractivity contribution < 1.29 is 8.83 Å². The molecular weight excluding hydrogens is 260 g/mol. The molecule has 2 aromatic rings. The first-order chi connectivity index (χ1) is 9.31. The maximum atomic E-state index is 8.44. The van der Waals surface area contributed by atoms with Gasteiger partial charge in [-0.3, -0.25) is 0 Å². The Balaban J connectivity index is 1.83. The highest BCUT2D eigenvalue weighted by Crippen LogP contribution is 2.24. The molecule has 0 amide bonds. The summed E-state index contributed by atoms with van der Waals surface area (Å²) in [6.45, 7) is 1.92. The monoisotopic (exact) mass is 276 g/mol. The Labute approximate surface area is 116 Å². The molecule has 0 unspecified atom stereocenters. The summed E-state index contributed by atoms with van der Waals surface area (Å²) in [6, 6.07) is 5.81. The third-order valence-corrected chi connectivity index (χ3v) is 3.75. The Morgan fingerprint density at radius 1 is 1.42 bits per heavy atom. The highest BCUT2D eigenvalue weighted by Gasteiger charge is 2.12. The van der Waals surface area contributed by atoms with Gasteiger partial charge in [0.1, 0.15) is 5.76 Å². The minimum atomic E-state index is 0.544. The Bertz CT molecular complexity index is 540. The van der Waals surface area contributed by atoms with Crippen LogP contribution >= 0.6 is 11.8 Å². The van der Waals surface area contributed by atoms with Crippen molar-refractivity contribution in [3.63, 3.8) is 0 Å². The molecule has 2 heterocycles. The van der Waals surface area contributed by atoms with E-state index in [9.17, 15) is 0 Å². The molecule has 100 valence electrons. The molecule has 0 bridgehead atoms. The third-order valence-electron chi connectivity index (χ3n) is 2.69. The number of nitrogens with zero attached hydrogens (tertiary/aromatic N) is 2. The Kier molecular flexibility index (Phi) is 5.10. The van der Waals surface area contributed by atoms with Crippen LogP contribution < -0.4 is 0 Å². The predicted octanol–water partition coefficient (Wildman–Crippen LogP) is 4.17. The number of rotatable bonds is 7. The van der Waals surface area contributed by atoms with Gasteiger partial charge in [0, 0.05) is 12.2 Å². The van der Waals surface area contributed by atoms with E-state index in [1.807, 2.05) is 30.8 Å². The van der Waals surface area contributed by atoms with Crippen LogP contribution in [0.5, 0.6) is 0 Å². The Morgan fingerprint density at radius 3 is 3.05 bits per heavy atom. The molecule has 0 radical (unpaired) electrons. The zero-order valence-electron chi connectivity index (χ0n) is 10.9. The molecule has 0 aliphatic carbocycles. The first kappa shape index (κ1) is 13.8. The van der Waals surface area contributed by atoms with E-state index >= 15 is 0 Å². The summed E-state index contributed by atoms with van der Waals surface area (Å²) in [6.07, 6.45) is 4.30. The summed E-state index contributed by atoms with van der Waals surface area (Å²) < 4.78 is 10.9. The van der Waals surface area contributed by atoms with Crippen LogP contribution in [0.3, 0.4) is 0 Å². The maximum Gasteiger partial charge on any atom is 0.263 e. The Morgan fingerprint density at radius 2 is 2.32 bits per heavy atom. The van der Waals surface area contributed by atoms with Gasteiger partial charge in [0.25, 0.3) is 5.89 Å². The average Bonchev–Trinajstić information content (AvgIpc) is 3.03. The first-order valence-corrected chi connectivity index (χ1v) is 7.41. The minimum absolute atomic E-state index is 0.544. The fourth-order valence-electron chi connectivity index (χ4n) is 1.64. The van der Waals surface area contributed by atoms with Gasteiger partial charge in [-0.1, -0.05) is 0 Å². The second-order valence-electron chi connectivity index (χ2n) is 4.17. The number of unbranched alkanes of at least 4 members (excludes halogenated alkanes) is 2. The molecule has 0 spiro atoms. The summed E-state index contributed by atoms with van der Waals surface area (Å²) in [5, 5.41) is 8.44. The number of aryl methyl sites for hydroxylation is 1. The van der Waals surface area contributed by atoms with Gasteiger partial charge in [0.2, 0.25) is 0 Å². The lowest BCUT2D eigenvalue weighted by Gasteiger charge is -1.97. The van der Waals surface area contributed by atoms with Crippen LogP contribution in [0.4, 0.5) is 0 Å². The quantitative estimate of drug-likeness (QED) is 0.710. The molecule has 0 aromatic carbocycles. The smallest absolute Gasteiger partial charge is 0.263 e. The summed E-state index contributed by atoms with van der Waals surface area (Å²) >= 11 is 1.82. The summed E-state index contributed by atoms with van der Waals surface area (Å²) in [4.78, 5) is 4.45. The van der Waals surface area contributed by atoms with Crippen LogP contribution in [-0.2, 0) is 5.75 Å². The van der Waals surface area contributed by atoms with Gasteiger partial charge in [-0.2, -0.15) is 17.0 Å². The van der Waals surface area contributed by atoms with Gasteiger partial charge in [-0.15, -0.1) is 0 Å². The molecule has 0 fully saturated rings. The zero-order valence-corrected chi connectivity index (χ0v) is 11.7. The SMILES string of the molecule is Cc1oc(-c2ccco2)nc1CSCCCCC#N. The highest BCUT2D eigenvalue weighted by atomic mass is 32.2. The van der Waals surface area contributed by atoms with Crippen molar-refractivity contribution in [1.82, 2.24) is 4.98 Å². The molecule has 5 heteroatoms. The van der Waals surface area contributed by atoms with Crippen LogP contribution in [-0.4, -0.2) is 10.7 Å². The molecule has 0 saturated heterocycles. The van der Waals surface area contributed by atoms with Crippen molar-refractivity contribution >= 4 is 11.8 Å². The van der Waals surface area contributed by atoms with E-state index in [-0.39, 0.29) is 0 Å². The van der Waals surface area contributed by atoms with Gasteiger partial charge >= 0.3 is 0 Å². The molecule has 0 aliphatic heterocycles. The normalized spacial score (nSPS) is 10.5. The summed E-state index contributed by atoms with van der Waals surface area (Å²) in [7, 11) is 0. The molecular formula is C14H16N2O2S. The molecule has 0 aliphatic rings. The van der Waals surface area contributed by atoms with Crippen LogP contribution in [0.15, 0.2) is 27.2 Å². The fraction of sp³-hybridized carbons (Fsp3) is 0.429. The van der Waals surface area contributed by atoms with E-state index in [0.29, 0.717) is 18.1 Å². The van der Waals surface area contributed by atoms with Crippen molar-refractivity contribution in [2.45, 2.75) is 31.9 Å². The number of furan rings is 1. The van der Waals surface area contributed by atoms with E-state index in [0.717, 1.165) is 35.8 Å². The number of hydrogen-bond donors (Lipinski definition) is 0. The lowest BCUT2D eigenvalue weighted by molar-refractivity contribution is 0.500. The van der Waals surface area contributed by atoms with Gasteiger partial charge in [-0.05, 0) is 37.7 Å². The molecule has 4 nitrogen and oxygen atoms in total. The van der Waals surface area contributed by atoms with E-state index in [4.69, 9.17) is 14.1 Å². The summed E-state index contributed by atoms with van der Waals surface area (Å²) in [5.41, 5.74) is 0.969. The third kappa shape index (κ3) is 3.90. The molecule has 0 N–H and O–H groups in total. The highest BCUT2D eigenvalue weighted by molar-refractivity contribution is 7.98. The van der Waals surface area contributed by atoms with Gasteiger partial charge in [0.05, 0.1) is 18.0 Å². The molecule has 19 heavy (non-hydrogen) atoms. The van der Waals surface area contributed by atoms with Gasteiger partial charge in [0.15, 0.2) is 5.76 Å². The topological polar surface area (TPSA) is 63.0 Å². The van der Waals surface area contributed by atoms with Crippen LogP contribution in [0.2, 0.25) is 0 Å². The standard InChI is InChI=1S/C14H16N2O2S/c1-11-12(10-19-9-4-2-3-7-15)16-14(18-11)13-6-5-8-17-13/h5-6,8H,2-4,9-10H2,1H3. The number of nitriles is 1. The van der Waals surface area contributed by atoms with Crippen molar-refractivity contribution in [3.8, 4) is 17.7 Å². The second kappa shape index (κ2) is 7.05. The molecule has 0 saturated carbocycles. The average molecular weight is 276 g/mol. The lowest BCUT2D eigenvalue weighted by atomic mass is 10.3. The lowest BCUT2D eigenvalue weighted by Crippen LogP contribution is -1.87. The van der Waals surface area contributed by atoms with E-state index in [2.05, 4.69) is 11.1 Å². The second-order valence-corrected chi connectivity index (χ2v) is 5.27. The predicted molar refractivity (Wildman–Crippen MR) is 74.6 cm³/mol. The first-order valence-electron chi connectivity index (χ1n) is 6.26. The molecule has 0 atom stereocenters. The van der Waals surface area contributed by atoms with Crippen molar-refractivity contribution in [3.05, 3.63) is 29.9 Å². The minimum Gasteiger partial charge on any atom is -0.459 e. The van der Waals surface area contributed by atoms with Crippen LogP contribution in [0.1, 0.15) is 30.7 Å². The molecule has 2 rings (SSSR count). The number of thioether (sulfide) groups is 1. The van der Waals surface area contributed by atoms with E-state index in [1.165, 1.54) is 0 Å². The van der Waals surface area contributed by atoms with Gasteiger partial charge in [-0.25, -0.2) is 4.98 Å². The largest absolute Gasteiger partial charge is 0.459 e.